The van der Waals surface area contributed by atoms with Gasteiger partial charge in [-0.3, -0.25) is 24.1 Å². The Bertz CT molecular complexity index is 2430. The van der Waals surface area contributed by atoms with Crippen molar-refractivity contribution in [2.45, 2.75) is 64.0 Å². The van der Waals surface area contributed by atoms with E-state index in [1.165, 1.54) is 32.2 Å². The molecule has 0 aliphatic carbocycles. The number of fused-ring (bicyclic) bond motifs is 8. The molecule has 4 aliphatic heterocycles. The second-order valence-electron chi connectivity index (χ2n) is 15.7. The molecule has 2 saturated heterocycles. The van der Waals surface area contributed by atoms with Gasteiger partial charge < -0.3 is 35.3 Å². The molecule has 0 saturated carbocycles. The number of nitrogens with zero attached hydrogens (tertiary/aromatic N) is 7. The van der Waals surface area contributed by atoms with Crippen LogP contribution in [0.25, 0.3) is 0 Å². The van der Waals surface area contributed by atoms with Gasteiger partial charge in [0, 0.05) is 71.6 Å². The monoisotopic (exact) mass is 872 g/mol. The molecule has 62 heavy (non-hydrogen) atoms. The largest absolute Gasteiger partial charge is 0.394 e. The predicted octanol–water partition coefficient (Wildman–Crippen LogP) is 6.01. The lowest BCUT2D eigenvalue weighted by Gasteiger charge is -2.35. The first-order valence-corrected chi connectivity index (χ1v) is 19.8. The number of nitrogens with two attached hydrogens (primary N) is 1. The van der Waals surface area contributed by atoms with Crippen molar-refractivity contribution >= 4 is 52.0 Å². The molecule has 15 nitrogen and oxygen atoms in total. The topological polar surface area (TPSA) is 181 Å². The zero-order valence-corrected chi connectivity index (χ0v) is 34.3. The van der Waals surface area contributed by atoms with Crippen molar-refractivity contribution in [3.8, 4) is 0 Å². The number of ketones is 2. The van der Waals surface area contributed by atoms with Gasteiger partial charge in [0.25, 0.3) is 11.1 Å². The van der Waals surface area contributed by atoms with E-state index in [0.29, 0.717) is 42.7 Å². The molecule has 4 aliphatic rings. The number of rotatable bonds is 7. The van der Waals surface area contributed by atoms with E-state index >= 15 is 0 Å². The molecular weight excluding hydrogens is 827 g/mol. The summed E-state index contributed by atoms with van der Waals surface area (Å²) in [5, 5.41) is 5.85. The van der Waals surface area contributed by atoms with Gasteiger partial charge in [-0.15, -0.1) is 0 Å². The third kappa shape index (κ3) is 10.0. The summed E-state index contributed by atoms with van der Waals surface area (Å²) in [6.45, 7) is 5.04. The van der Waals surface area contributed by atoms with Crippen molar-refractivity contribution in [2.75, 3.05) is 57.2 Å². The summed E-state index contributed by atoms with van der Waals surface area (Å²) in [5.41, 5.74) is 6.65. The number of hydrogen-bond acceptors (Lipinski definition) is 11. The number of nitrogen functional groups attached to an aromatic ring is 1. The molecule has 8 heterocycles. The Morgan fingerprint density at radius 1 is 0.774 bits per heavy atom. The smallest absolute Gasteiger partial charge is 0.391 e. The van der Waals surface area contributed by atoms with E-state index in [2.05, 4.69) is 25.5 Å². The molecule has 21 heteroatoms. The highest BCUT2D eigenvalue weighted by Crippen LogP contribution is 2.40. The van der Waals surface area contributed by atoms with Gasteiger partial charge in [0.1, 0.15) is 17.1 Å². The van der Waals surface area contributed by atoms with Crippen LogP contribution < -0.4 is 42.2 Å². The molecule has 0 radical (unpaired) electrons. The maximum absolute atomic E-state index is 13.1. The van der Waals surface area contributed by atoms with Gasteiger partial charge >= 0.3 is 18.4 Å². The molecule has 4 N–H and O–H groups in total. The second kappa shape index (κ2) is 17.9. The molecule has 2 amide bonds. The highest BCUT2D eigenvalue weighted by atomic mass is 19.4. The molecule has 4 aromatic heterocycles. The summed E-state index contributed by atoms with van der Waals surface area (Å²) >= 11 is 0. The van der Waals surface area contributed by atoms with Gasteiger partial charge in [0.15, 0.2) is 23.2 Å². The fourth-order valence-corrected chi connectivity index (χ4v) is 7.37. The van der Waals surface area contributed by atoms with E-state index in [1.54, 1.807) is 56.8 Å². The van der Waals surface area contributed by atoms with E-state index < -0.39 is 54.6 Å². The predicted molar refractivity (Wildman–Crippen MR) is 221 cm³/mol. The Hall–Kier alpha value is -6.41. The van der Waals surface area contributed by atoms with Gasteiger partial charge in [-0.05, 0) is 61.4 Å². The number of urea groups is 1. The van der Waals surface area contributed by atoms with Crippen molar-refractivity contribution < 1.29 is 40.7 Å². The third-order valence-electron chi connectivity index (χ3n) is 11.1. The third-order valence-corrected chi connectivity index (χ3v) is 11.1. The quantitative estimate of drug-likeness (QED) is 0.146. The lowest BCUT2D eigenvalue weighted by molar-refractivity contribution is -0.169. The van der Waals surface area contributed by atoms with Gasteiger partial charge in [-0.25, -0.2) is 14.8 Å². The average molecular weight is 873 g/mol. The summed E-state index contributed by atoms with van der Waals surface area (Å²) in [7, 11) is 3.23. The Labute approximate surface area is 351 Å². The first-order valence-electron chi connectivity index (χ1n) is 19.8. The number of nitrogens with one attached hydrogen (secondary N) is 2. The number of hydrogen-bond donors (Lipinski definition) is 3. The van der Waals surface area contributed by atoms with Crippen molar-refractivity contribution in [3.63, 3.8) is 0 Å². The number of alkyl halides is 6. The molecule has 2 fully saturated rings. The number of aromatic nitrogens is 4. The summed E-state index contributed by atoms with van der Waals surface area (Å²) in [6.07, 6.45) is -5.24. The molecule has 0 unspecified atom stereocenters. The maximum atomic E-state index is 13.1. The molecule has 4 atom stereocenters. The van der Waals surface area contributed by atoms with E-state index in [1.807, 2.05) is 4.90 Å². The molecule has 4 aromatic rings. The molecular formula is C41H46F6N10O5. The van der Waals surface area contributed by atoms with Crippen molar-refractivity contribution in [1.82, 2.24) is 19.1 Å². The number of carbonyl (C=O) groups excluding carboxylic acids is 3. The fourth-order valence-electron chi connectivity index (χ4n) is 7.37. The van der Waals surface area contributed by atoms with Crippen LogP contribution in [0.3, 0.4) is 0 Å². The number of anilines is 6. The minimum atomic E-state index is -4.48. The normalized spacial score (nSPS) is 18.2. The summed E-state index contributed by atoms with van der Waals surface area (Å²) in [4.78, 5) is 74.8. The highest BCUT2D eigenvalue weighted by Gasteiger charge is 2.42. The van der Waals surface area contributed by atoms with Crippen LogP contribution >= 0.6 is 0 Å². The van der Waals surface area contributed by atoms with Crippen LogP contribution in [-0.4, -0.2) is 87.3 Å². The fraction of sp³-hybridized carbons (Fsp3) is 0.439. The highest BCUT2D eigenvalue weighted by molar-refractivity contribution is 6.05. The van der Waals surface area contributed by atoms with Gasteiger partial charge in [0.05, 0.1) is 34.9 Å². The van der Waals surface area contributed by atoms with Crippen molar-refractivity contribution in [3.05, 3.63) is 93.0 Å². The number of halogens is 6. The number of pyridine rings is 4. The lowest BCUT2D eigenvalue weighted by atomic mass is 10.0. The summed E-state index contributed by atoms with van der Waals surface area (Å²) < 4.78 is 79.0. The van der Waals surface area contributed by atoms with Crippen LogP contribution in [0.2, 0.25) is 0 Å². The van der Waals surface area contributed by atoms with Crippen LogP contribution in [-0.2, 0) is 14.1 Å². The van der Waals surface area contributed by atoms with Crippen LogP contribution in [0.4, 0.5) is 65.5 Å². The first-order chi connectivity index (χ1) is 29.1. The summed E-state index contributed by atoms with van der Waals surface area (Å²) in [5.74, 6) is -3.97. The first kappa shape index (κ1) is 45.1. The van der Waals surface area contributed by atoms with Gasteiger partial charge in [-0.1, -0.05) is 13.8 Å². The van der Waals surface area contributed by atoms with Crippen LogP contribution in [0.15, 0.2) is 70.5 Å². The van der Waals surface area contributed by atoms with E-state index in [4.69, 9.17) is 5.73 Å². The van der Waals surface area contributed by atoms with E-state index in [-0.39, 0.29) is 40.1 Å². The lowest BCUT2D eigenvalue weighted by Crippen LogP contribution is -2.49. The number of amides is 2. The second-order valence-corrected chi connectivity index (χ2v) is 15.7. The van der Waals surface area contributed by atoms with E-state index in [0.717, 1.165) is 39.0 Å². The van der Waals surface area contributed by atoms with Crippen molar-refractivity contribution in [2.24, 2.45) is 25.9 Å². The molecule has 0 aromatic carbocycles. The SMILES string of the molecule is C[C@@H](CC(=O)c1ccc2c(n1)N(C(=O)Nc1cccn(C)c1=O)[C@H]1CCN2C1)C(F)(F)F.C[C@@H](CC(=O)c1ccc2c(n1)N[C@H]1CCN2C1)C(F)(F)F.Cn1cccc(N)c1=O. The van der Waals surface area contributed by atoms with Crippen LogP contribution in [0.5, 0.6) is 0 Å². The van der Waals surface area contributed by atoms with Gasteiger partial charge in [0.2, 0.25) is 0 Å². The maximum Gasteiger partial charge on any atom is 0.391 e. The minimum absolute atomic E-state index is 0.0909. The molecule has 8 rings (SSSR count). The Kier molecular flexibility index (Phi) is 13.0. The van der Waals surface area contributed by atoms with Crippen LogP contribution in [0, 0.1) is 11.8 Å². The summed E-state index contributed by atoms with van der Waals surface area (Å²) in [6, 6.07) is 12.2. The average Bonchev–Trinajstić information content (AvgIpc) is 3.82. The number of carbonyl (C=O) groups is 3. The standard InChI is InChI=1S/C21H22F3N5O3.C14H16F3N3O.C6H8N2O/c1-12(21(22,23)24)10-17(30)14-5-6-16-18(25-14)29(13-7-9-28(16)11-13)20(32)26-15-4-3-8-27(2)19(15)31;1-8(14(15,16)17)6-12(21)10-2-3-11-13(19-10)18-9-4-5-20(11)7-9;1-8-4-2-3-5(7)6(8)9/h3-6,8,12-13H,7,9-11H2,1-2H3,(H,26,32);2-3,8-9H,4-7H2,1H3,(H,18,19);2-4H,7H2,1H3/t12-,13-;8-,9-;/m00./s1. The Morgan fingerprint density at radius 2 is 1.32 bits per heavy atom. The minimum Gasteiger partial charge on any atom is -0.394 e. The van der Waals surface area contributed by atoms with Crippen LogP contribution in [0.1, 0.15) is 60.5 Å². The number of Topliss-reactive ketones (excluding diaryl/α,β-unsaturated/α-hetero) is 2. The Balaban J connectivity index is 0.000000182. The Morgan fingerprint density at radius 3 is 1.92 bits per heavy atom. The van der Waals surface area contributed by atoms with Gasteiger partial charge in [-0.2, -0.15) is 26.3 Å². The zero-order chi connectivity index (χ0) is 45.3. The molecule has 332 valence electrons. The zero-order valence-electron chi connectivity index (χ0n) is 34.3. The van der Waals surface area contributed by atoms with Crippen molar-refractivity contribution in [1.29, 1.82) is 0 Å². The van der Waals surface area contributed by atoms with E-state index in [9.17, 15) is 50.3 Å². The molecule has 0 spiro atoms. The number of aryl methyl sites for hydroxylation is 2. The molecule has 4 bridgehead atoms.